The molecule has 1 amide bonds. The van der Waals surface area contributed by atoms with E-state index in [1.54, 1.807) is 6.07 Å². The molecule has 0 atom stereocenters. The van der Waals surface area contributed by atoms with Gasteiger partial charge in [-0.25, -0.2) is 0 Å². The first-order chi connectivity index (χ1) is 9.47. The Morgan fingerprint density at radius 1 is 1.40 bits per heavy atom. The lowest BCUT2D eigenvalue weighted by molar-refractivity contribution is -0.137. The van der Waals surface area contributed by atoms with Crippen LogP contribution in [-0.4, -0.2) is 65.7 Å². The smallest absolute Gasteiger partial charge is 0.323 e. The number of likely N-dealkylation sites (N-methyl/N-ethyl adjacent to an activating group) is 1. The van der Waals surface area contributed by atoms with Crippen LogP contribution in [0.15, 0.2) is 10.6 Å². The van der Waals surface area contributed by atoms with Crippen molar-refractivity contribution in [1.29, 1.82) is 0 Å². The van der Waals surface area contributed by atoms with E-state index in [4.69, 9.17) is 9.63 Å². The number of aliphatic carboxylic acids is 1. The molecule has 0 unspecified atom stereocenters. The Morgan fingerprint density at radius 2 is 2.10 bits per heavy atom. The van der Waals surface area contributed by atoms with Crippen molar-refractivity contribution < 1.29 is 19.2 Å². The van der Waals surface area contributed by atoms with Crippen molar-refractivity contribution >= 4 is 11.9 Å². The maximum atomic E-state index is 12.3. The Balaban J connectivity index is 2.04. The van der Waals surface area contributed by atoms with Crippen molar-refractivity contribution in [2.75, 3.05) is 33.7 Å². The number of carboxylic acids is 1. The molecule has 1 aromatic rings. The normalized spacial score (nSPS) is 14.6. The molecule has 20 heavy (non-hydrogen) atoms. The number of hydrogen-bond acceptors (Lipinski definition) is 5. The number of carbonyl (C=O) groups excluding carboxylic acids is 1. The summed E-state index contributed by atoms with van der Waals surface area (Å²) in [5.41, 5.74) is 0.187. The van der Waals surface area contributed by atoms with Gasteiger partial charge in [0, 0.05) is 25.1 Å². The van der Waals surface area contributed by atoms with Crippen LogP contribution in [-0.2, 0) is 4.79 Å². The van der Waals surface area contributed by atoms with Gasteiger partial charge in [0.1, 0.15) is 12.3 Å². The van der Waals surface area contributed by atoms with Crippen molar-refractivity contribution in [3.05, 3.63) is 17.5 Å². The second-order valence-corrected chi connectivity index (χ2v) is 5.31. The molecule has 1 N–H and O–H groups in total. The van der Waals surface area contributed by atoms with E-state index >= 15 is 0 Å². The molecule has 0 saturated heterocycles. The van der Waals surface area contributed by atoms with Gasteiger partial charge in [-0.2, -0.15) is 0 Å². The highest BCUT2D eigenvalue weighted by molar-refractivity contribution is 5.94. The molecule has 110 valence electrons. The second kappa shape index (κ2) is 6.04. The summed E-state index contributed by atoms with van der Waals surface area (Å²) >= 11 is 0. The van der Waals surface area contributed by atoms with Gasteiger partial charge < -0.3 is 19.4 Å². The Hall–Kier alpha value is -1.89. The lowest BCUT2D eigenvalue weighted by Gasteiger charge is -2.21. The maximum Gasteiger partial charge on any atom is 0.323 e. The van der Waals surface area contributed by atoms with Gasteiger partial charge in [0.05, 0.1) is 0 Å². The van der Waals surface area contributed by atoms with Crippen LogP contribution in [0.25, 0.3) is 0 Å². The zero-order valence-electron chi connectivity index (χ0n) is 11.7. The van der Waals surface area contributed by atoms with Crippen LogP contribution in [0.1, 0.15) is 35.0 Å². The summed E-state index contributed by atoms with van der Waals surface area (Å²) in [4.78, 5) is 26.3. The maximum absolute atomic E-state index is 12.3. The van der Waals surface area contributed by atoms with Gasteiger partial charge >= 0.3 is 5.97 Å². The van der Waals surface area contributed by atoms with Gasteiger partial charge in [0.2, 0.25) is 0 Å². The first-order valence-electron chi connectivity index (χ1n) is 6.59. The fraction of sp³-hybridized carbons (Fsp3) is 0.615. The molecule has 7 nitrogen and oxygen atoms in total. The van der Waals surface area contributed by atoms with Crippen LogP contribution < -0.4 is 0 Å². The molecule has 1 aromatic heterocycles. The Kier molecular flexibility index (Phi) is 4.39. The van der Waals surface area contributed by atoms with E-state index in [1.165, 1.54) is 4.90 Å². The minimum atomic E-state index is -1.04. The largest absolute Gasteiger partial charge is 0.480 e. The Labute approximate surface area is 117 Å². The number of nitrogens with zero attached hydrogens (tertiary/aromatic N) is 3. The average Bonchev–Trinajstić information content (AvgIpc) is 3.11. The summed E-state index contributed by atoms with van der Waals surface area (Å²) in [7, 11) is 3.73. The van der Waals surface area contributed by atoms with Gasteiger partial charge in [0.25, 0.3) is 5.91 Å². The SMILES string of the molecule is CN(C)CCN(CC(=O)O)C(=O)c1cc(C2CC2)on1. The van der Waals surface area contributed by atoms with Crippen molar-refractivity contribution in [2.45, 2.75) is 18.8 Å². The fourth-order valence-corrected chi connectivity index (χ4v) is 1.85. The van der Waals surface area contributed by atoms with Crippen LogP contribution in [0.2, 0.25) is 0 Å². The fourth-order valence-electron chi connectivity index (χ4n) is 1.85. The number of carboxylic acid groups (broad SMARTS) is 1. The van der Waals surface area contributed by atoms with Crippen molar-refractivity contribution in [1.82, 2.24) is 15.0 Å². The van der Waals surface area contributed by atoms with Crippen molar-refractivity contribution in [3.8, 4) is 0 Å². The molecule has 1 saturated carbocycles. The average molecular weight is 281 g/mol. The summed E-state index contributed by atoms with van der Waals surface area (Å²) in [5.74, 6) is -0.345. The topological polar surface area (TPSA) is 86.9 Å². The van der Waals surface area contributed by atoms with E-state index in [-0.39, 0.29) is 12.2 Å². The number of rotatable bonds is 7. The summed E-state index contributed by atoms with van der Waals surface area (Å²) in [6.07, 6.45) is 2.12. The highest BCUT2D eigenvalue weighted by atomic mass is 16.5. The van der Waals surface area contributed by atoms with E-state index < -0.39 is 11.9 Å². The molecule has 1 aliphatic rings. The van der Waals surface area contributed by atoms with Crippen LogP contribution in [0, 0.1) is 0 Å². The van der Waals surface area contributed by atoms with E-state index in [1.807, 2.05) is 19.0 Å². The molecule has 2 rings (SSSR count). The lowest BCUT2D eigenvalue weighted by atomic mass is 10.2. The summed E-state index contributed by atoms with van der Waals surface area (Å²) in [5, 5.41) is 12.7. The van der Waals surface area contributed by atoms with Crippen LogP contribution in [0.4, 0.5) is 0 Å². The van der Waals surface area contributed by atoms with Gasteiger partial charge in [-0.1, -0.05) is 5.16 Å². The molecule has 1 heterocycles. The van der Waals surface area contributed by atoms with Crippen molar-refractivity contribution in [2.24, 2.45) is 0 Å². The molecular weight excluding hydrogens is 262 g/mol. The highest BCUT2D eigenvalue weighted by Gasteiger charge is 2.30. The van der Waals surface area contributed by atoms with Gasteiger partial charge in [0.15, 0.2) is 5.69 Å². The van der Waals surface area contributed by atoms with Gasteiger partial charge in [-0.3, -0.25) is 9.59 Å². The van der Waals surface area contributed by atoms with Crippen LogP contribution >= 0.6 is 0 Å². The molecule has 0 aromatic carbocycles. The monoisotopic (exact) mass is 281 g/mol. The second-order valence-electron chi connectivity index (χ2n) is 5.31. The van der Waals surface area contributed by atoms with Gasteiger partial charge in [-0.05, 0) is 26.9 Å². The standard InChI is InChI=1S/C13H19N3O4/c1-15(2)5-6-16(8-12(17)18)13(19)10-7-11(20-14-10)9-3-4-9/h7,9H,3-6,8H2,1-2H3,(H,17,18). The van der Waals surface area contributed by atoms with E-state index in [9.17, 15) is 9.59 Å². The number of aromatic nitrogens is 1. The molecule has 1 aliphatic carbocycles. The Morgan fingerprint density at radius 3 is 2.65 bits per heavy atom. The zero-order chi connectivity index (χ0) is 14.7. The first kappa shape index (κ1) is 14.5. The zero-order valence-corrected chi connectivity index (χ0v) is 11.7. The number of amides is 1. The van der Waals surface area contributed by atoms with Crippen LogP contribution in [0.5, 0.6) is 0 Å². The van der Waals surface area contributed by atoms with Crippen LogP contribution in [0.3, 0.4) is 0 Å². The van der Waals surface area contributed by atoms with Gasteiger partial charge in [-0.15, -0.1) is 0 Å². The lowest BCUT2D eigenvalue weighted by Crippen LogP contribution is -2.40. The third-order valence-electron chi connectivity index (χ3n) is 3.16. The Bertz CT molecular complexity index is 494. The molecule has 0 radical (unpaired) electrons. The summed E-state index contributed by atoms with van der Waals surface area (Å²) < 4.78 is 5.14. The predicted octanol–water partition coefficient (Wildman–Crippen LogP) is 0.640. The van der Waals surface area contributed by atoms with E-state index in [0.717, 1.165) is 18.6 Å². The molecule has 0 aliphatic heterocycles. The van der Waals surface area contributed by atoms with Crippen molar-refractivity contribution in [3.63, 3.8) is 0 Å². The van der Waals surface area contributed by atoms with E-state index in [0.29, 0.717) is 19.0 Å². The summed E-state index contributed by atoms with van der Waals surface area (Å²) in [6, 6.07) is 1.63. The minimum Gasteiger partial charge on any atom is -0.480 e. The predicted molar refractivity (Wildman–Crippen MR) is 70.6 cm³/mol. The number of carbonyl (C=O) groups is 2. The first-order valence-corrected chi connectivity index (χ1v) is 6.59. The highest BCUT2D eigenvalue weighted by Crippen LogP contribution is 2.40. The minimum absolute atomic E-state index is 0.187. The third kappa shape index (κ3) is 3.80. The molecule has 1 fully saturated rings. The van der Waals surface area contributed by atoms with E-state index in [2.05, 4.69) is 5.16 Å². The molecular formula is C13H19N3O4. The number of hydrogen-bond donors (Lipinski definition) is 1. The third-order valence-corrected chi connectivity index (χ3v) is 3.16. The molecule has 0 spiro atoms. The molecule has 7 heteroatoms. The quantitative estimate of drug-likeness (QED) is 0.789. The summed E-state index contributed by atoms with van der Waals surface area (Å²) in [6.45, 7) is 0.592. The molecule has 0 bridgehead atoms.